The van der Waals surface area contributed by atoms with Gasteiger partial charge in [0.1, 0.15) is 5.82 Å². The Morgan fingerprint density at radius 1 is 1.57 bits per heavy atom. The number of alkyl halides is 1. The summed E-state index contributed by atoms with van der Waals surface area (Å²) < 4.78 is 13.5. The molecular formula is C10H8BrClFN. The molecule has 74 valence electrons. The van der Waals surface area contributed by atoms with E-state index in [4.69, 9.17) is 16.9 Å². The van der Waals surface area contributed by atoms with Crippen LogP contribution in [-0.2, 0) is 6.42 Å². The van der Waals surface area contributed by atoms with E-state index in [1.807, 2.05) is 0 Å². The van der Waals surface area contributed by atoms with E-state index in [9.17, 15) is 4.39 Å². The second-order valence-corrected chi connectivity index (χ2v) is 4.00. The number of nitrogens with zero attached hydrogens (tertiary/aromatic N) is 1. The Hall–Kier alpha value is -0.590. The Balaban J connectivity index is 2.87. The minimum atomic E-state index is -0.311. The van der Waals surface area contributed by atoms with Crippen LogP contribution in [-0.4, -0.2) is 5.88 Å². The fourth-order valence-electron chi connectivity index (χ4n) is 1.11. The van der Waals surface area contributed by atoms with Gasteiger partial charge in [0.15, 0.2) is 0 Å². The summed E-state index contributed by atoms with van der Waals surface area (Å²) in [6.07, 6.45) is 0.471. The fraction of sp³-hybridized carbons (Fsp3) is 0.300. The molecule has 0 bridgehead atoms. The van der Waals surface area contributed by atoms with E-state index >= 15 is 0 Å². The molecule has 0 N–H and O–H groups in total. The Kier molecular flexibility index (Phi) is 4.37. The van der Waals surface area contributed by atoms with Crippen LogP contribution >= 0.6 is 27.5 Å². The minimum absolute atomic E-state index is 0.263. The molecule has 0 amide bonds. The number of benzene rings is 1. The number of halogens is 3. The smallest absolute Gasteiger partial charge is 0.137 e. The number of hydrogen-bond donors (Lipinski definition) is 0. The highest BCUT2D eigenvalue weighted by molar-refractivity contribution is 9.10. The third kappa shape index (κ3) is 2.70. The predicted molar refractivity (Wildman–Crippen MR) is 57.6 cm³/mol. The van der Waals surface area contributed by atoms with Gasteiger partial charge in [-0.2, -0.15) is 5.26 Å². The maximum atomic E-state index is 13.1. The molecule has 0 heterocycles. The summed E-state index contributed by atoms with van der Waals surface area (Å²) in [4.78, 5) is 0. The minimum Gasteiger partial charge on any atom is -0.206 e. The summed E-state index contributed by atoms with van der Waals surface area (Å²) in [6, 6.07) is 6.85. The van der Waals surface area contributed by atoms with Crippen LogP contribution in [0.4, 0.5) is 4.39 Å². The highest BCUT2D eigenvalue weighted by Gasteiger charge is 2.11. The normalized spacial score (nSPS) is 12.1. The second kappa shape index (κ2) is 5.33. The third-order valence-electron chi connectivity index (χ3n) is 1.87. The van der Waals surface area contributed by atoms with Gasteiger partial charge in [0.2, 0.25) is 0 Å². The molecule has 0 aliphatic rings. The van der Waals surface area contributed by atoms with Gasteiger partial charge in [-0.25, -0.2) is 4.39 Å². The van der Waals surface area contributed by atoms with Crippen molar-refractivity contribution in [2.24, 2.45) is 5.92 Å². The molecule has 1 nitrogen and oxygen atoms in total. The Morgan fingerprint density at radius 2 is 2.29 bits per heavy atom. The van der Waals surface area contributed by atoms with Crippen LogP contribution in [0.1, 0.15) is 5.56 Å². The van der Waals surface area contributed by atoms with Crippen LogP contribution in [0.2, 0.25) is 0 Å². The maximum absolute atomic E-state index is 13.1. The molecular weight excluding hydrogens is 268 g/mol. The lowest BCUT2D eigenvalue weighted by Gasteiger charge is -2.07. The Labute approximate surface area is 95.6 Å². The first-order chi connectivity index (χ1) is 6.69. The average molecular weight is 277 g/mol. The van der Waals surface area contributed by atoms with Gasteiger partial charge in [-0.3, -0.25) is 0 Å². The summed E-state index contributed by atoms with van der Waals surface area (Å²) in [5.41, 5.74) is 0.775. The lowest BCUT2D eigenvalue weighted by atomic mass is 10.0. The van der Waals surface area contributed by atoms with Crippen molar-refractivity contribution < 1.29 is 4.39 Å². The van der Waals surface area contributed by atoms with Crippen molar-refractivity contribution in [3.63, 3.8) is 0 Å². The van der Waals surface area contributed by atoms with E-state index in [1.54, 1.807) is 12.1 Å². The molecule has 1 aromatic carbocycles. The van der Waals surface area contributed by atoms with Gasteiger partial charge in [-0.15, -0.1) is 11.6 Å². The van der Waals surface area contributed by atoms with Crippen molar-refractivity contribution in [2.75, 3.05) is 5.88 Å². The van der Waals surface area contributed by atoms with Gasteiger partial charge < -0.3 is 0 Å². The lowest BCUT2D eigenvalue weighted by molar-refractivity contribution is 0.614. The summed E-state index contributed by atoms with van der Waals surface area (Å²) in [5.74, 6) is -0.317. The monoisotopic (exact) mass is 275 g/mol. The number of nitriles is 1. The van der Waals surface area contributed by atoms with Crippen LogP contribution in [0.25, 0.3) is 0 Å². The SMILES string of the molecule is N#CC(CCl)Cc1cccc(F)c1Br. The van der Waals surface area contributed by atoms with Crippen molar-refractivity contribution in [1.82, 2.24) is 0 Å². The Bertz CT molecular complexity index is 362. The standard InChI is InChI=1S/C10H8BrClFN/c11-10-8(2-1-3-9(10)13)4-7(5-12)6-14/h1-3,7H,4-5H2. The fourth-order valence-corrected chi connectivity index (χ4v) is 1.71. The van der Waals surface area contributed by atoms with E-state index in [-0.39, 0.29) is 17.6 Å². The van der Waals surface area contributed by atoms with Crippen LogP contribution in [0, 0.1) is 23.1 Å². The van der Waals surface area contributed by atoms with E-state index < -0.39 is 0 Å². The molecule has 0 aliphatic heterocycles. The third-order valence-corrected chi connectivity index (χ3v) is 3.13. The van der Waals surface area contributed by atoms with Crippen molar-refractivity contribution in [3.05, 3.63) is 34.1 Å². The average Bonchev–Trinajstić information content (AvgIpc) is 2.20. The lowest BCUT2D eigenvalue weighted by Crippen LogP contribution is -2.04. The zero-order valence-electron chi connectivity index (χ0n) is 7.30. The van der Waals surface area contributed by atoms with Gasteiger partial charge in [-0.1, -0.05) is 12.1 Å². The van der Waals surface area contributed by atoms with E-state index in [2.05, 4.69) is 22.0 Å². The highest BCUT2D eigenvalue weighted by Crippen LogP contribution is 2.23. The molecule has 1 aromatic rings. The number of hydrogen-bond acceptors (Lipinski definition) is 1. The van der Waals surface area contributed by atoms with Gasteiger partial charge in [0.25, 0.3) is 0 Å². The number of rotatable bonds is 3. The molecule has 1 atom stereocenters. The van der Waals surface area contributed by atoms with Crippen LogP contribution in [0.3, 0.4) is 0 Å². The van der Waals surface area contributed by atoms with Gasteiger partial charge in [0.05, 0.1) is 16.5 Å². The zero-order valence-corrected chi connectivity index (χ0v) is 9.65. The largest absolute Gasteiger partial charge is 0.206 e. The summed E-state index contributed by atoms with van der Waals surface area (Å²) in [6.45, 7) is 0. The molecule has 0 aromatic heterocycles. The maximum Gasteiger partial charge on any atom is 0.137 e. The topological polar surface area (TPSA) is 23.8 Å². The van der Waals surface area contributed by atoms with Crippen molar-refractivity contribution in [3.8, 4) is 6.07 Å². The molecule has 0 fully saturated rings. The quantitative estimate of drug-likeness (QED) is 0.775. The summed E-state index contributed by atoms with van der Waals surface area (Å²) >= 11 is 8.72. The second-order valence-electron chi connectivity index (χ2n) is 2.90. The van der Waals surface area contributed by atoms with Crippen LogP contribution < -0.4 is 0 Å². The molecule has 0 saturated heterocycles. The molecule has 14 heavy (non-hydrogen) atoms. The van der Waals surface area contributed by atoms with Crippen molar-refractivity contribution in [2.45, 2.75) is 6.42 Å². The molecule has 0 spiro atoms. The van der Waals surface area contributed by atoms with E-state index in [0.717, 1.165) is 5.56 Å². The summed E-state index contributed by atoms with van der Waals surface area (Å²) in [5, 5.41) is 8.70. The van der Waals surface area contributed by atoms with Crippen molar-refractivity contribution >= 4 is 27.5 Å². The first-order valence-electron chi connectivity index (χ1n) is 4.07. The molecule has 1 rings (SSSR count). The Morgan fingerprint density at radius 3 is 2.86 bits per heavy atom. The van der Waals surface area contributed by atoms with E-state index in [1.165, 1.54) is 6.07 Å². The first kappa shape index (κ1) is 11.5. The first-order valence-corrected chi connectivity index (χ1v) is 5.40. The summed E-state index contributed by atoms with van der Waals surface area (Å²) in [7, 11) is 0. The predicted octanol–water partition coefficient (Wildman–Crippen LogP) is 3.51. The highest BCUT2D eigenvalue weighted by atomic mass is 79.9. The van der Waals surface area contributed by atoms with Gasteiger partial charge in [0, 0.05) is 5.88 Å². The molecule has 0 saturated carbocycles. The molecule has 1 unspecified atom stereocenters. The van der Waals surface area contributed by atoms with Gasteiger partial charge >= 0.3 is 0 Å². The van der Waals surface area contributed by atoms with Crippen LogP contribution in [0.15, 0.2) is 22.7 Å². The molecule has 0 radical (unpaired) electrons. The van der Waals surface area contributed by atoms with E-state index in [0.29, 0.717) is 10.9 Å². The molecule has 0 aliphatic carbocycles. The molecule has 4 heteroatoms. The van der Waals surface area contributed by atoms with Crippen LogP contribution in [0.5, 0.6) is 0 Å². The van der Waals surface area contributed by atoms with Gasteiger partial charge in [-0.05, 0) is 34.0 Å². The van der Waals surface area contributed by atoms with Crippen molar-refractivity contribution in [1.29, 1.82) is 5.26 Å². The zero-order chi connectivity index (χ0) is 10.6.